The van der Waals surface area contributed by atoms with E-state index in [0.29, 0.717) is 6.29 Å². The minimum atomic E-state index is -7.81. The monoisotopic (exact) mass is 514 g/mol. The van der Waals surface area contributed by atoms with Gasteiger partial charge in [0.05, 0.1) is 13.2 Å². The Hall–Kier alpha value is -2.30. The van der Waals surface area contributed by atoms with Gasteiger partial charge in [-0.05, 0) is 6.08 Å². The highest BCUT2D eigenvalue weighted by molar-refractivity contribution is 5.79. The number of aldehydes is 1. The van der Waals surface area contributed by atoms with Crippen molar-refractivity contribution >= 4 is 12.3 Å². The minimum absolute atomic E-state index is 0.209. The van der Waals surface area contributed by atoms with Gasteiger partial charge >= 0.3 is 42.0 Å². The summed E-state index contributed by atoms with van der Waals surface area (Å²) in [5.74, 6) is -40.6. The van der Waals surface area contributed by atoms with Crippen molar-refractivity contribution < 1.29 is 76.8 Å². The van der Waals surface area contributed by atoms with E-state index >= 15 is 0 Å². The molecule has 0 aliphatic carbocycles. The molecule has 33 heavy (non-hydrogen) atoms. The minimum Gasteiger partial charge on any atom is -0.461 e. The predicted molar refractivity (Wildman–Crippen MR) is 82.6 cm³/mol. The SMILES string of the molecule is O=C/C=C/C=C/COOCCCOC(=O)C(F)(F)C(F)(F)C(F)(F)C(F)(F)C(F)(F)C(F)F. The zero-order chi connectivity index (χ0) is 26.1. The first-order chi connectivity index (χ1) is 14.9. The van der Waals surface area contributed by atoms with Crippen LogP contribution in [0.4, 0.5) is 52.7 Å². The topological polar surface area (TPSA) is 61.8 Å². The number of hydrogen-bond donors (Lipinski definition) is 0. The molecule has 0 aliphatic heterocycles. The fraction of sp³-hybridized carbons (Fsp3) is 0.625. The number of carbonyl (C=O) groups is 2. The van der Waals surface area contributed by atoms with Crippen LogP contribution in [0.3, 0.4) is 0 Å². The smallest absolute Gasteiger partial charge is 0.410 e. The largest absolute Gasteiger partial charge is 0.461 e. The van der Waals surface area contributed by atoms with Gasteiger partial charge in [-0.15, -0.1) is 0 Å². The van der Waals surface area contributed by atoms with Gasteiger partial charge in [0.15, 0.2) is 0 Å². The number of hydrogen-bond acceptors (Lipinski definition) is 5. The Kier molecular flexibility index (Phi) is 10.9. The number of ether oxygens (including phenoxy) is 1. The molecule has 0 rings (SSSR count). The second-order valence-corrected chi connectivity index (χ2v) is 5.77. The molecule has 0 atom stereocenters. The van der Waals surface area contributed by atoms with E-state index in [4.69, 9.17) is 0 Å². The first kappa shape index (κ1) is 30.7. The van der Waals surface area contributed by atoms with Crippen LogP contribution in [0.15, 0.2) is 24.3 Å². The normalized spacial score (nSPS) is 14.5. The molecule has 0 saturated carbocycles. The lowest BCUT2D eigenvalue weighted by atomic mass is 9.94. The van der Waals surface area contributed by atoms with Crippen molar-refractivity contribution in [1.82, 2.24) is 0 Å². The molecule has 0 aromatic heterocycles. The fourth-order valence-electron chi connectivity index (χ4n) is 1.63. The summed E-state index contributed by atoms with van der Waals surface area (Å²) in [6, 6.07) is 0. The van der Waals surface area contributed by atoms with Crippen LogP contribution in [-0.2, 0) is 24.1 Å². The Morgan fingerprint density at radius 1 is 0.758 bits per heavy atom. The van der Waals surface area contributed by atoms with Crippen LogP contribution >= 0.6 is 0 Å². The van der Waals surface area contributed by atoms with Gasteiger partial charge in [-0.3, -0.25) is 4.79 Å². The maximum absolute atomic E-state index is 13.5. The predicted octanol–water partition coefficient (Wildman–Crippen LogP) is 4.62. The molecule has 0 radical (unpaired) electrons. The summed E-state index contributed by atoms with van der Waals surface area (Å²) >= 11 is 0. The van der Waals surface area contributed by atoms with Crippen molar-refractivity contribution in [1.29, 1.82) is 0 Å². The molecule has 0 unspecified atom stereocenters. The van der Waals surface area contributed by atoms with Crippen LogP contribution in [-0.4, -0.2) is 68.1 Å². The van der Waals surface area contributed by atoms with E-state index in [1.54, 1.807) is 0 Å². The zero-order valence-electron chi connectivity index (χ0n) is 15.9. The molecular weight excluding hydrogens is 500 g/mol. The Balaban J connectivity index is 4.98. The summed E-state index contributed by atoms with van der Waals surface area (Å²) in [6.45, 7) is -2.00. The molecule has 0 aromatic rings. The van der Waals surface area contributed by atoms with Crippen molar-refractivity contribution in [3.63, 3.8) is 0 Å². The van der Waals surface area contributed by atoms with E-state index in [-0.39, 0.29) is 6.61 Å². The Morgan fingerprint density at radius 3 is 1.85 bits per heavy atom. The lowest BCUT2D eigenvalue weighted by Gasteiger charge is -2.38. The van der Waals surface area contributed by atoms with E-state index in [1.165, 1.54) is 18.2 Å². The van der Waals surface area contributed by atoms with Crippen LogP contribution in [0, 0.1) is 0 Å². The number of carbonyl (C=O) groups excluding carboxylic acids is 2. The van der Waals surface area contributed by atoms with E-state index in [9.17, 15) is 62.3 Å². The van der Waals surface area contributed by atoms with Crippen LogP contribution in [0.1, 0.15) is 6.42 Å². The third-order valence-corrected chi connectivity index (χ3v) is 3.42. The maximum atomic E-state index is 13.5. The number of rotatable bonds is 15. The molecule has 5 nitrogen and oxygen atoms in total. The molecule has 0 fully saturated rings. The molecule has 0 aromatic carbocycles. The second kappa shape index (κ2) is 11.7. The van der Waals surface area contributed by atoms with Crippen LogP contribution in [0.25, 0.3) is 0 Å². The van der Waals surface area contributed by atoms with Gasteiger partial charge in [-0.25, -0.2) is 23.4 Å². The molecule has 192 valence electrons. The van der Waals surface area contributed by atoms with Crippen molar-refractivity contribution in [2.75, 3.05) is 19.8 Å². The first-order valence-corrected chi connectivity index (χ1v) is 8.28. The second-order valence-electron chi connectivity index (χ2n) is 5.77. The third-order valence-electron chi connectivity index (χ3n) is 3.42. The number of halogens is 12. The molecule has 0 saturated heterocycles. The van der Waals surface area contributed by atoms with Crippen molar-refractivity contribution in [3.8, 4) is 0 Å². The maximum Gasteiger partial charge on any atom is 0.410 e. The molecule has 0 bridgehead atoms. The summed E-state index contributed by atoms with van der Waals surface area (Å²) in [4.78, 5) is 29.8. The van der Waals surface area contributed by atoms with Gasteiger partial charge in [0.1, 0.15) is 12.9 Å². The fourth-order valence-corrected chi connectivity index (χ4v) is 1.63. The van der Waals surface area contributed by atoms with Crippen molar-refractivity contribution in [2.45, 2.75) is 42.5 Å². The highest BCUT2D eigenvalue weighted by Crippen LogP contribution is 2.58. The van der Waals surface area contributed by atoms with E-state index in [2.05, 4.69) is 14.5 Å². The lowest BCUT2D eigenvalue weighted by Crippen LogP contribution is -2.70. The van der Waals surface area contributed by atoms with E-state index in [0.717, 1.165) is 6.08 Å². The van der Waals surface area contributed by atoms with Crippen molar-refractivity contribution in [3.05, 3.63) is 24.3 Å². The lowest BCUT2D eigenvalue weighted by molar-refractivity contribution is -0.408. The first-order valence-electron chi connectivity index (χ1n) is 8.28. The molecule has 0 heterocycles. The summed E-state index contributed by atoms with van der Waals surface area (Å²) in [7, 11) is 0. The van der Waals surface area contributed by atoms with E-state index < -0.39 is 61.6 Å². The Bertz CT molecular complexity index is 706. The molecule has 0 amide bonds. The zero-order valence-corrected chi connectivity index (χ0v) is 15.9. The number of allylic oxidation sites excluding steroid dienone is 3. The standard InChI is InChI=1S/C16H14F12O5/c17-10(18)12(19,20)14(23,24)16(27,28)15(25,26)13(21,22)11(30)31-7-5-9-33-32-8-4-2-1-3-6-29/h1-4,6,10H,5,7-9H2/b3-1+,4-2+. The number of alkyl halides is 12. The average Bonchev–Trinajstić information content (AvgIpc) is 2.70. The summed E-state index contributed by atoms with van der Waals surface area (Å²) in [5.41, 5.74) is 0. The molecule has 0 aliphatic rings. The summed E-state index contributed by atoms with van der Waals surface area (Å²) in [5, 5.41) is 0. The highest BCUT2D eigenvalue weighted by atomic mass is 19.4. The van der Waals surface area contributed by atoms with Gasteiger partial charge in [0.2, 0.25) is 0 Å². The van der Waals surface area contributed by atoms with Gasteiger partial charge in [-0.2, -0.15) is 43.9 Å². The van der Waals surface area contributed by atoms with Crippen molar-refractivity contribution in [2.24, 2.45) is 0 Å². The Morgan fingerprint density at radius 2 is 1.33 bits per heavy atom. The van der Waals surface area contributed by atoms with Gasteiger partial charge < -0.3 is 4.74 Å². The highest BCUT2D eigenvalue weighted by Gasteiger charge is 2.89. The van der Waals surface area contributed by atoms with Crippen LogP contribution < -0.4 is 0 Å². The number of esters is 1. The molecule has 17 heteroatoms. The van der Waals surface area contributed by atoms with Crippen LogP contribution in [0.5, 0.6) is 0 Å². The quantitative estimate of drug-likeness (QED) is 0.0467. The molecular formula is C16H14F12O5. The average molecular weight is 514 g/mol. The van der Waals surface area contributed by atoms with E-state index in [1.807, 2.05) is 0 Å². The van der Waals surface area contributed by atoms with Gasteiger partial charge in [0.25, 0.3) is 0 Å². The molecule has 0 N–H and O–H groups in total. The van der Waals surface area contributed by atoms with Gasteiger partial charge in [0, 0.05) is 6.42 Å². The Labute approximate surface area is 176 Å². The molecule has 0 spiro atoms. The van der Waals surface area contributed by atoms with Gasteiger partial charge in [-0.1, -0.05) is 18.2 Å². The summed E-state index contributed by atoms with van der Waals surface area (Å²) < 4.78 is 159. The summed E-state index contributed by atoms with van der Waals surface area (Å²) in [6.07, 6.45) is -0.674. The van der Waals surface area contributed by atoms with Crippen LogP contribution in [0.2, 0.25) is 0 Å². The third kappa shape index (κ3) is 6.61.